The van der Waals surface area contributed by atoms with Crippen LogP contribution in [0.2, 0.25) is 0 Å². The molecule has 0 aliphatic carbocycles. The van der Waals surface area contributed by atoms with E-state index in [4.69, 9.17) is 0 Å². The maximum Gasteiger partial charge on any atom is 0.389 e. The van der Waals surface area contributed by atoms with Crippen molar-refractivity contribution in [2.75, 3.05) is 6.54 Å². The summed E-state index contributed by atoms with van der Waals surface area (Å²) < 4.78 is 35.1. The molecule has 64 valence electrons. The number of carbonyl (C=O) groups is 1. The molecule has 11 heavy (non-hydrogen) atoms. The van der Waals surface area contributed by atoms with Crippen molar-refractivity contribution < 1.29 is 18.0 Å². The molecule has 1 aliphatic heterocycles. The Kier molecular flexibility index (Phi) is 2.06. The molecule has 1 rings (SSSR count). The van der Waals surface area contributed by atoms with E-state index in [2.05, 4.69) is 5.32 Å². The summed E-state index contributed by atoms with van der Waals surface area (Å²) >= 11 is 0. The van der Waals surface area contributed by atoms with E-state index < -0.39 is 18.5 Å². The van der Waals surface area contributed by atoms with Crippen molar-refractivity contribution in [1.29, 1.82) is 0 Å². The Morgan fingerprint density at radius 2 is 2.18 bits per heavy atom. The molecule has 0 radical (unpaired) electrons. The van der Waals surface area contributed by atoms with E-state index in [1.807, 2.05) is 0 Å². The van der Waals surface area contributed by atoms with E-state index in [0.717, 1.165) is 0 Å². The highest BCUT2D eigenvalue weighted by Gasteiger charge is 2.35. The van der Waals surface area contributed by atoms with Gasteiger partial charge in [0, 0.05) is 19.4 Å². The molecule has 1 heterocycles. The molecule has 1 aliphatic rings. The second-order valence-corrected chi connectivity index (χ2v) is 2.69. The van der Waals surface area contributed by atoms with Crippen LogP contribution in [0.15, 0.2) is 0 Å². The second-order valence-electron chi connectivity index (χ2n) is 2.69. The number of halogens is 3. The summed E-state index contributed by atoms with van der Waals surface area (Å²) in [7, 11) is 0. The second kappa shape index (κ2) is 2.71. The van der Waals surface area contributed by atoms with Gasteiger partial charge in [0.1, 0.15) is 0 Å². The predicted octanol–water partition coefficient (Wildman–Crippen LogP) is 1.07. The molecule has 0 saturated carbocycles. The lowest BCUT2D eigenvalue weighted by Gasteiger charge is -2.09. The Morgan fingerprint density at radius 1 is 1.55 bits per heavy atom. The number of hydrogen-bond donors (Lipinski definition) is 1. The molecule has 0 bridgehead atoms. The predicted molar refractivity (Wildman–Crippen MR) is 31.8 cm³/mol. The highest BCUT2D eigenvalue weighted by molar-refractivity contribution is 5.78. The zero-order chi connectivity index (χ0) is 8.48. The molecule has 1 saturated heterocycles. The molecule has 0 aromatic rings. The topological polar surface area (TPSA) is 29.1 Å². The molecular formula is C6H8F3NO. The Bertz CT molecular complexity index is 166. The van der Waals surface area contributed by atoms with Gasteiger partial charge in [0.2, 0.25) is 5.91 Å². The fourth-order valence-electron chi connectivity index (χ4n) is 1.14. The van der Waals surface area contributed by atoms with Crippen molar-refractivity contribution in [3.63, 3.8) is 0 Å². The summed E-state index contributed by atoms with van der Waals surface area (Å²) in [6, 6.07) is 0. The van der Waals surface area contributed by atoms with E-state index in [9.17, 15) is 18.0 Å². The van der Waals surface area contributed by atoms with Crippen LogP contribution in [0.4, 0.5) is 13.2 Å². The van der Waals surface area contributed by atoms with Gasteiger partial charge in [-0.1, -0.05) is 0 Å². The van der Waals surface area contributed by atoms with Crippen LogP contribution in [-0.2, 0) is 4.79 Å². The minimum Gasteiger partial charge on any atom is -0.356 e. The SMILES string of the molecule is O=C1CC(CC(F)(F)F)CN1. The molecule has 1 atom stereocenters. The molecule has 0 aromatic carbocycles. The van der Waals surface area contributed by atoms with E-state index >= 15 is 0 Å². The number of nitrogens with one attached hydrogen (secondary N) is 1. The Hall–Kier alpha value is -0.740. The fraction of sp³-hybridized carbons (Fsp3) is 0.833. The molecule has 1 unspecified atom stereocenters. The zero-order valence-electron chi connectivity index (χ0n) is 5.74. The van der Waals surface area contributed by atoms with E-state index in [1.165, 1.54) is 0 Å². The minimum absolute atomic E-state index is 0.0134. The minimum atomic E-state index is -4.14. The van der Waals surface area contributed by atoms with Crippen LogP contribution in [0.3, 0.4) is 0 Å². The quantitative estimate of drug-likeness (QED) is 0.622. The van der Waals surface area contributed by atoms with Crippen LogP contribution >= 0.6 is 0 Å². The van der Waals surface area contributed by atoms with Crippen LogP contribution in [-0.4, -0.2) is 18.6 Å². The molecule has 2 nitrogen and oxygen atoms in total. The van der Waals surface area contributed by atoms with Gasteiger partial charge in [-0.3, -0.25) is 4.79 Å². The fourth-order valence-corrected chi connectivity index (χ4v) is 1.14. The largest absolute Gasteiger partial charge is 0.389 e. The molecule has 0 aromatic heterocycles. The number of amides is 1. The Balaban J connectivity index is 2.34. The van der Waals surface area contributed by atoms with E-state index in [0.29, 0.717) is 0 Å². The normalized spacial score (nSPS) is 25.4. The molecule has 5 heteroatoms. The molecule has 1 N–H and O–H groups in total. The average Bonchev–Trinajstić information content (AvgIpc) is 2.10. The molecule has 1 fully saturated rings. The first-order valence-electron chi connectivity index (χ1n) is 3.31. The maximum absolute atomic E-state index is 11.7. The van der Waals surface area contributed by atoms with Crippen molar-refractivity contribution in [2.45, 2.75) is 19.0 Å². The first-order valence-corrected chi connectivity index (χ1v) is 3.31. The van der Waals surface area contributed by atoms with Crippen LogP contribution in [0.25, 0.3) is 0 Å². The summed E-state index contributed by atoms with van der Waals surface area (Å²) in [4.78, 5) is 10.5. The van der Waals surface area contributed by atoms with Crippen molar-refractivity contribution in [2.24, 2.45) is 5.92 Å². The highest BCUT2D eigenvalue weighted by Crippen LogP contribution is 2.27. The average molecular weight is 167 g/mol. The number of alkyl halides is 3. The lowest BCUT2D eigenvalue weighted by molar-refractivity contribution is -0.143. The third-order valence-electron chi connectivity index (χ3n) is 1.58. The monoisotopic (exact) mass is 167 g/mol. The van der Waals surface area contributed by atoms with Crippen molar-refractivity contribution in [3.05, 3.63) is 0 Å². The standard InChI is InChI=1S/C6H8F3NO/c7-6(8,9)2-4-1-5(11)10-3-4/h4H,1-3H2,(H,10,11). The summed E-state index contributed by atoms with van der Waals surface area (Å²) in [5.41, 5.74) is 0. The smallest absolute Gasteiger partial charge is 0.356 e. The van der Waals surface area contributed by atoms with Crippen LogP contribution < -0.4 is 5.32 Å². The third kappa shape index (κ3) is 2.78. The number of carbonyl (C=O) groups excluding carboxylic acids is 1. The summed E-state index contributed by atoms with van der Waals surface area (Å²) in [6.45, 7) is 0.165. The van der Waals surface area contributed by atoms with Crippen LogP contribution in [0.1, 0.15) is 12.8 Å². The van der Waals surface area contributed by atoms with Crippen LogP contribution in [0.5, 0.6) is 0 Å². The van der Waals surface area contributed by atoms with E-state index in [-0.39, 0.29) is 18.9 Å². The van der Waals surface area contributed by atoms with Gasteiger partial charge in [0.05, 0.1) is 0 Å². The van der Waals surface area contributed by atoms with Crippen molar-refractivity contribution in [3.8, 4) is 0 Å². The van der Waals surface area contributed by atoms with Gasteiger partial charge in [-0.25, -0.2) is 0 Å². The zero-order valence-corrected chi connectivity index (χ0v) is 5.74. The number of rotatable bonds is 1. The van der Waals surface area contributed by atoms with Crippen molar-refractivity contribution >= 4 is 5.91 Å². The van der Waals surface area contributed by atoms with Gasteiger partial charge < -0.3 is 5.32 Å². The summed E-state index contributed by atoms with van der Waals surface area (Å²) in [5.74, 6) is -0.832. The third-order valence-corrected chi connectivity index (χ3v) is 1.58. The first kappa shape index (κ1) is 8.36. The highest BCUT2D eigenvalue weighted by atomic mass is 19.4. The summed E-state index contributed by atoms with van der Waals surface area (Å²) in [5, 5.41) is 2.35. The first-order chi connectivity index (χ1) is 4.97. The van der Waals surface area contributed by atoms with Gasteiger partial charge >= 0.3 is 6.18 Å². The van der Waals surface area contributed by atoms with Gasteiger partial charge in [-0.15, -0.1) is 0 Å². The van der Waals surface area contributed by atoms with Gasteiger partial charge in [0.25, 0.3) is 0 Å². The maximum atomic E-state index is 11.7. The Morgan fingerprint density at radius 3 is 2.55 bits per heavy atom. The summed E-state index contributed by atoms with van der Waals surface area (Å²) in [6.07, 6.45) is -4.98. The molecular weight excluding hydrogens is 159 g/mol. The Labute approximate surface area is 61.8 Å². The van der Waals surface area contributed by atoms with Crippen molar-refractivity contribution in [1.82, 2.24) is 5.32 Å². The lowest BCUT2D eigenvalue weighted by Crippen LogP contribution is -2.17. The lowest BCUT2D eigenvalue weighted by atomic mass is 10.1. The van der Waals surface area contributed by atoms with Gasteiger partial charge in [-0.2, -0.15) is 13.2 Å². The number of hydrogen-bond acceptors (Lipinski definition) is 1. The van der Waals surface area contributed by atoms with Crippen LogP contribution in [0, 0.1) is 5.92 Å². The van der Waals surface area contributed by atoms with Gasteiger partial charge in [0.15, 0.2) is 0 Å². The molecule has 1 amide bonds. The van der Waals surface area contributed by atoms with E-state index in [1.54, 1.807) is 0 Å². The van der Waals surface area contributed by atoms with Gasteiger partial charge in [-0.05, 0) is 5.92 Å². The molecule has 0 spiro atoms.